The van der Waals surface area contributed by atoms with Crippen molar-refractivity contribution in [2.75, 3.05) is 0 Å². The van der Waals surface area contributed by atoms with Gasteiger partial charge in [-0.2, -0.15) is 0 Å². The Bertz CT molecular complexity index is 588. The highest BCUT2D eigenvalue weighted by Crippen LogP contribution is 2.25. The van der Waals surface area contributed by atoms with Crippen molar-refractivity contribution in [2.45, 2.75) is 97.3 Å². The predicted molar refractivity (Wildman–Crippen MR) is 111 cm³/mol. The van der Waals surface area contributed by atoms with Crippen molar-refractivity contribution in [1.29, 1.82) is 0 Å². The molecule has 0 aliphatic heterocycles. The number of rotatable bonds is 14. The summed E-state index contributed by atoms with van der Waals surface area (Å²) >= 11 is 0. The summed E-state index contributed by atoms with van der Waals surface area (Å²) in [4.78, 5) is 4.59. The summed E-state index contributed by atoms with van der Waals surface area (Å²) in [5.74, 6) is 1.83. The zero-order valence-corrected chi connectivity index (χ0v) is 16.9. The molecule has 0 aliphatic rings. The summed E-state index contributed by atoms with van der Waals surface area (Å²) in [7, 11) is 0. The molecule has 2 rings (SSSR count). The lowest BCUT2D eigenvalue weighted by Crippen LogP contribution is -1.89. The molecule has 1 aromatic heterocycles. The summed E-state index contributed by atoms with van der Waals surface area (Å²) in [5.41, 5.74) is 2.20. The number of hydrogen-bond acceptors (Lipinski definition) is 2. The fourth-order valence-corrected chi connectivity index (χ4v) is 3.59. The Balaban J connectivity index is 1.55. The van der Waals surface area contributed by atoms with E-state index in [-0.39, 0.29) is 0 Å². The second kappa shape index (κ2) is 12.7. The zero-order valence-electron chi connectivity index (χ0n) is 16.9. The SMILES string of the molecule is CCCCCCCCCCCCCCc1oc(C)nc1-c1ccccc1. The summed E-state index contributed by atoms with van der Waals surface area (Å²) in [6.45, 7) is 4.23. The third-order valence-corrected chi connectivity index (χ3v) is 5.11. The van der Waals surface area contributed by atoms with E-state index in [4.69, 9.17) is 4.42 Å². The molecule has 0 saturated carbocycles. The van der Waals surface area contributed by atoms with Gasteiger partial charge < -0.3 is 4.42 Å². The van der Waals surface area contributed by atoms with Crippen LogP contribution in [0.25, 0.3) is 11.3 Å². The highest BCUT2D eigenvalue weighted by molar-refractivity contribution is 5.61. The third kappa shape index (κ3) is 7.76. The topological polar surface area (TPSA) is 26.0 Å². The lowest BCUT2D eigenvalue weighted by molar-refractivity contribution is 0.463. The lowest BCUT2D eigenvalue weighted by Gasteiger charge is -2.03. The molecule has 0 atom stereocenters. The van der Waals surface area contributed by atoms with Gasteiger partial charge in [0, 0.05) is 18.9 Å². The number of aryl methyl sites for hydroxylation is 2. The van der Waals surface area contributed by atoms with Gasteiger partial charge in [0.2, 0.25) is 0 Å². The molecule has 144 valence electrons. The molecular weight excluding hydrogens is 318 g/mol. The van der Waals surface area contributed by atoms with Crippen LogP contribution in [0.3, 0.4) is 0 Å². The normalized spacial score (nSPS) is 11.2. The number of oxazole rings is 1. The van der Waals surface area contributed by atoms with E-state index in [1.165, 1.54) is 82.6 Å². The van der Waals surface area contributed by atoms with E-state index in [1.54, 1.807) is 0 Å². The maximum atomic E-state index is 5.86. The van der Waals surface area contributed by atoms with Crippen LogP contribution in [0.1, 0.15) is 95.6 Å². The Labute approximate surface area is 160 Å². The van der Waals surface area contributed by atoms with Crippen LogP contribution in [0, 0.1) is 6.92 Å². The van der Waals surface area contributed by atoms with Crippen LogP contribution in [-0.4, -0.2) is 4.98 Å². The maximum absolute atomic E-state index is 5.86. The molecule has 1 aromatic carbocycles. The second-order valence-corrected chi connectivity index (χ2v) is 7.51. The summed E-state index contributed by atoms with van der Waals surface area (Å²) < 4.78 is 5.86. The summed E-state index contributed by atoms with van der Waals surface area (Å²) in [6, 6.07) is 10.4. The van der Waals surface area contributed by atoms with Gasteiger partial charge in [0.05, 0.1) is 0 Å². The van der Waals surface area contributed by atoms with E-state index in [0.717, 1.165) is 23.8 Å². The number of benzene rings is 1. The van der Waals surface area contributed by atoms with E-state index in [1.807, 2.05) is 13.0 Å². The largest absolute Gasteiger partial charge is 0.445 e. The van der Waals surface area contributed by atoms with Crippen LogP contribution >= 0.6 is 0 Å². The molecule has 0 aliphatic carbocycles. The Morgan fingerprint density at radius 3 is 1.85 bits per heavy atom. The average Bonchev–Trinajstić information content (AvgIpc) is 3.04. The Morgan fingerprint density at radius 1 is 0.731 bits per heavy atom. The molecule has 26 heavy (non-hydrogen) atoms. The van der Waals surface area contributed by atoms with Crippen LogP contribution in [0.2, 0.25) is 0 Å². The van der Waals surface area contributed by atoms with Gasteiger partial charge in [-0.15, -0.1) is 0 Å². The molecule has 0 N–H and O–H groups in total. The van der Waals surface area contributed by atoms with Gasteiger partial charge >= 0.3 is 0 Å². The van der Waals surface area contributed by atoms with Crippen molar-refractivity contribution in [3.63, 3.8) is 0 Å². The van der Waals surface area contributed by atoms with E-state index in [9.17, 15) is 0 Å². The third-order valence-electron chi connectivity index (χ3n) is 5.11. The summed E-state index contributed by atoms with van der Waals surface area (Å²) in [5, 5.41) is 0. The van der Waals surface area contributed by atoms with Gasteiger partial charge in [-0.05, 0) is 6.42 Å². The number of aromatic nitrogens is 1. The highest BCUT2D eigenvalue weighted by atomic mass is 16.4. The second-order valence-electron chi connectivity index (χ2n) is 7.51. The smallest absolute Gasteiger partial charge is 0.191 e. The Hall–Kier alpha value is -1.57. The quantitative estimate of drug-likeness (QED) is 0.322. The summed E-state index contributed by atoms with van der Waals surface area (Å²) in [6.07, 6.45) is 17.6. The minimum absolute atomic E-state index is 0.776. The first kappa shape index (κ1) is 20.7. The standard InChI is InChI=1S/C24H37NO/c1-3-4-5-6-7-8-9-10-11-12-13-17-20-23-24(25-21(2)26-23)22-18-15-14-16-19-22/h14-16,18-19H,3-13,17,20H2,1-2H3. The molecule has 2 aromatic rings. The molecule has 2 nitrogen and oxygen atoms in total. The van der Waals surface area contributed by atoms with Crippen molar-refractivity contribution in [3.05, 3.63) is 42.0 Å². The molecular formula is C24H37NO. The molecule has 2 heteroatoms. The molecule has 0 saturated heterocycles. The molecule has 1 heterocycles. The first-order valence-electron chi connectivity index (χ1n) is 10.8. The van der Waals surface area contributed by atoms with E-state index < -0.39 is 0 Å². The fraction of sp³-hybridized carbons (Fsp3) is 0.625. The fourth-order valence-electron chi connectivity index (χ4n) is 3.59. The van der Waals surface area contributed by atoms with E-state index in [2.05, 4.69) is 36.2 Å². The van der Waals surface area contributed by atoms with Crippen molar-refractivity contribution in [2.24, 2.45) is 0 Å². The minimum atomic E-state index is 0.776. The molecule has 0 radical (unpaired) electrons. The monoisotopic (exact) mass is 355 g/mol. The average molecular weight is 356 g/mol. The lowest BCUT2D eigenvalue weighted by atomic mass is 10.0. The molecule has 0 fully saturated rings. The minimum Gasteiger partial charge on any atom is -0.445 e. The first-order valence-corrected chi connectivity index (χ1v) is 10.8. The van der Waals surface area contributed by atoms with Crippen molar-refractivity contribution in [3.8, 4) is 11.3 Å². The Kier molecular flexibility index (Phi) is 10.2. The number of unbranched alkanes of at least 4 members (excludes halogenated alkanes) is 11. The van der Waals surface area contributed by atoms with Gasteiger partial charge in [-0.3, -0.25) is 0 Å². The van der Waals surface area contributed by atoms with Crippen molar-refractivity contribution in [1.82, 2.24) is 4.98 Å². The van der Waals surface area contributed by atoms with Crippen LogP contribution in [0.5, 0.6) is 0 Å². The Morgan fingerprint density at radius 2 is 1.27 bits per heavy atom. The number of hydrogen-bond donors (Lipinski definition) is 0. The zero-order chi connectivity index (χ0) is 18.5. The maximum Gasteiger partial charge on any atom is 0.191 e. The molecule has 0 unspecified atom stereocenters. The van der Waals surface area contributed by atoms with Crippen LogP contribution < -0.4 is 0 Å². The van der Waals surface area contributed by atoms with Crippen molar-refractivity contribution >= 4 is 0 Å². The van der Waals surface area contributed by atoms with E-state index >= 15 is 0 Å². The van der Waals surface area contributed by atoms with Gasteiger partial charge in [0.1, 0.15) is 11.5 Å². The number of nitrogens with zero attached hydrogens (tertiary/aromatic N) is 1. The van der Waals surface area contributed by atoms with Gasteiger partial charge in [0.25, 0.3) is 0 Å². The van der Waals surface area contributed by atoms with Gasteiger partial charge in [-0.1, -0.05) is 108 Å². The van der Waals surface area contributed by atoms with Crippen LogP contribution in [-0.2, 0) is 6.42 Å². The van der Waals surface area contributed by atoms with Gasteiger partial charge in [0.15, 0.2) is 5.89 Å². The molecule has 0 spiro atoms. The molecule has 0 bridgehead atoms. The van der Waals surface area contributed by atoms with Gasteiger partial charge in [-0.25, -0.2) is 4.98 Å². The predicted octanol–water partition coefficient (Wildman–Crippen LogP) is 7.89. The van der Waals surface area contributed by atoms with Crippen molar-refractivity contribution < 1.29 is 4.42 Å². The first-order chi connectivity index (χ1) is 12.8. The molecule has 0 amide bonds. The van der Waals surface area contributed by atoms with Crippen LogP contribution in [0.15, 0.2) is 34.7 Å². The van der Waals surface area contributed by atoms with E-state index in [0.29, 0.717) is 0 Å². The van der Waals surface area contributed by atoms with Crippen LogP contribution in [0.4, 0.5) is 0 Å². The highest BCUT2D eigenvalue weighted by Gasteiger charge is 2.12.